The summed E-state index contributed by atoms with van der Waals surface area (Å²) < 4.78 is 15.9. The molecule has 26 heavy (non-hydrogen) atoms. The summed E-state index contributed by atoms with van der Waals surface area (Å²) in [5.41, 5.74) is 0.912. The zero-order valence-corrected chi connectivity index (χ0v) is 15.3. The number of methoxy groups -OCH3 is 1. The van der Waals surface area contributed by atoms with Crippen LogP contribution < -0.4 is 14.8 Å². The van der Waals surface area contributed by atoms with Crippen LogP contribution in [-0.4, -0.2) is 31.2 Å². The fraction of sp³-hybridized carbons (Fsp3) is 0.300. The van der Waals surface area contributed by atoms with Crippen molar-refractivity contribution in [2.45, 2.75) is 33.0 Å². The second-order valence-electron chi connectivity index (χ2n) is 5.96. The number of hydrogen-bond donors (Lipinski definition) is 1. The van der Waals surface area contributed by atoms with E-state index in [-0.39, 0.29) is 6.10 Å². The Labute approximate surface area is 153 Å². The van der Waals surface area contributed by atoms with E-state index in [1.807, 2.05) is 13.8 Å². The molecule has 1 amide bonds. The van der Waals surface area contributed by atoms with Gasteiger partial charge in [-0.2, -0.15) is 0 Å². The second-order valence-corrected chi connectivity index (χ2v) is 5.96. The number of benzene rings is 2. The Morgan fingerprint density at radius 2 is 1.65 bits per heavy atom. The van der Waals surface area contributed by atoms with Gasteiger partial charge in [0.15, 0.2) is 6.10 Å². The number of ether oxygens (including phenoxy) is 3. The summed E-state index contributed by atoms with van der Waals surface area (Å²) in [4.78, 5) is 24.4. The maximum Gasteiger partial charge on any atom is 0.338 e. The Morgan fingerprint density at radius 3 is 2.27 bits per heavy atom. The van der Waals surface area contributed by atoms with Crippen LogP contribution in [0.5, 0.6) is 11.5 Å². The normalized spacial score (nSPS) is 11.6. The van der Waals surface area contributed by atoms with Gasteiger partial charge in [0.2, 0.25) is 0 Å². The largest absolute Gasteiger partial charge is 0.497 e. The minimum atomic E-state index is -0.944. The van der Waals surface area contributed by atoms with Gasteiger partial charge in [-0.1, -0.05) is 6.07 Å². The van der Waals surface area contributed by atoms with E-state index in [0.29, 0.717) is 22.7 Å². The fourth-order valence-electron chi connectivity index (χ4n) is 2.17. The maximum atomic E-state index is 12.2. The summed E-state index contributed by atoms with van der Waals surface area (Å²) in [7, 11) is 1.54. The van der Waals surface area contributed by atoms with Gasteiger partial charge >= 0.3 is 5.97 Å². The molecule has 0 unspecified atom stereocenters. The highest BCUT2D eigenvalue weighted by Crippen LogP contribution is 2.18. The quantitative estimate of drug-likeness (QED) is 0.766. The van der Waals surface area contributed by atoms with Crippen LogP contribution in [0, 0.1) is 0 Å². The van der Waals surface area contributed by atoms with E-state index in [9.17, 15) is 9.59 Å². The lowest BCUT2D eigenvalue weighted by molar-refractivity contribution is -0.123. The minimum Gasteiger partial charge on any atom is -0.497 e. The van der Waals surface area contributed by atoms with Gasteiger partial charge in [0.05, 0.1) is 18.8 Å². The lowest BCUT2D eigenvalue weighted by Gasteiger charge is -2.14. The Hall–Kier alpha value is -3.02. The molecule has 6 nitrogen and oxygen atoms in total. The number of carbonyl (C=O) groups is 2. The van der Waals surface area contributed by atoms with Crippen molar-refractivity contribution in [1.82, 2.24) is 0 Å². The van der Waals surface area contributed by atoms with E-state index in [1.165, 1.54) is 6.92 Å². The molecular weight excluding hydrogens is 334 g/mol. The number of anilines is 1. The van der Waals surface area contributed by atoms with Gasteiger partial charge < -0.3 is 19.5 Å². The molecule has 138 valence electrons. The molecule has 0 fully saturated rings. The second kappa shape index (κ2) is 8.89. The van der Waals surface area contributed by atoms with Crippen LogP contribution in [0.4, 0.5) is 5.69 Å². The number of nitrogens with one attached hydrogen (secondary N) is 1. The highest BCUT2D eigenvalue weighted by Gasteiger charge is 2.19. The van der Waals surface area contributed by atoms with Gasteiger partial charge in [-0.3, -0.25) is 4.79 Å². The van der Waals surface area contributed by atoms with Gasteiger partial charge in [-0.15, -0.1) is 0 Å². The molecule has 0 spiro atoms. The summed E-state index contributed by atoms with van der Waals surface area (Å²) in [5, 5.41) is 2.69. The third-order valence-electron chi connectivity index (χ3n) is 3.45. The average Bonchev–Trinajstić information content (AvgIpc) is 2.61. The predicted octanol–water partition coefficient (Wildman–Crippen LogP) is 3.67. The van der Waals surface area contributed by atoms with Crippen LogP contribution in [-0.2, 0) is 9.53 Å². The Bertz CT molecular complexity index is 755. The molecule has 0 aliphatic carbocycles. The highest BCUT2D eigenvalue weighted by molar-refractivity contribution is 5.97. The van der Waals surface area contributed by atoms with E-state index in [4.69, 9.17) is 14.2 Å². The lowest BCUT2D eigenvalue weighted by Crippen LogP contribution is -2.30. The molecule has 0 bridgehead atoms. The van der Waals surface area contributed by atoms with Crippen molar-refractivity contribution in [3.8, 4) is 11.5 Å². The topological polar surface area (TPSA) is 73.9 Å². The van der Waals surface area contributed by atoms with Crippen molar-refractivity contribution in [1.29, 1.82) is 0 Å². The molecule has 2 aromatic rings. The summed E-state index contributed by atoms with van der Waals surface area (Å²) in [6, 6.07) is 13.5. The first-order valence-electron chi connectivity index (χ1n) is 8.31. The first kappa shape index (κ1) is 19.3. The first-order chi connectivity index (χ1) is 12.4. The van der Waals surface area contributed by atoms with Crippen LogP contribution >= 0.6 is 0 Å². The SMILES string of the molecule is COc1cccc(NC(=O)[C@@H](C)OC(=O)c2ccc(OC(C)C)cc2)c1. The zero-order chi connectivity index (χ0) is 19.1. The van der Waals surface area contributed by atoms with Crippen molar-refractivity contribution in [2.75, 3.05) is 12.4 Å². The summed E-state index contributed by atoms with van der Waals surface area (Å²) in [6.07, 6.45) is -0.895. The van der Waals surface area contributed by atoms with Gasteiger partial charge in [-0.25, -0.2) is 4.79 Å². The molecule has 0 saturated heterocycles. The zero-order valence-electron chi connectivity index (χ0n) is 15.3. The maximum absolute atomic E-state index is 12.2. The molecule has 0 saturated carbocycles. The number of hydrogen-bond acceptors (Lipinski definition) is 5. The van der Waals surface area contributed by atoms with E-state index < -0.39 is 18.0 Å². The Balaban J connectivity index is 1.94. The molecule has 0 radical (unpaired) electrons. The number of amides is 1. The lowest BCUT2D eigenvalue weighted by atomic mass is 10.2. The van der Waals surface area contributed by atoms with Crippen molar-refractivity contribution < 1.29 is 23.8 Å². The van der Waals surface area contributed by atoms with Crippen molar-refractivity contribution in [3.05, 3.63) is 54.1 Å². The predicted molar refractivity (Wildman–Crippen MR) is 98.7 cm³/mol. The van der Waals surface area contributed by atoms with Crippen LogP contribution in [0.15, 0.2) is 48.5 Å². The van der Waals surface area contributed by atoms with Crippen molar-refractivity contribution in [3.63, 3.8) is 0 Å². The Kier molecular flexibility index (Phi) is 6.60. The first-order valence-corrected chi connectivity index (χ1v) is 8.31. The van der Waals surface area contributed by atoms with E-state index in [0.717, 1.165) is 0 Å². The van der Waals surface area contributed by atoms with Crippen molar-refractivity contribution in [2.24, 2.45) is 0 Å². The molecule has 2 rings (SSSR count). The standard InChI is InChI=1S/C20H23NO5/c1-13(2)25-17-10-8-15(9-11-17)20(23)26-14(3)19(22)21-16-6-5-7-18(12-16)24-4/h5-14H,1-4H3,(H,21,22)/t14-/m1/s1. The third kappa shape index (κ3) is 5.51. The minimum absolute atomic E-state index is 0.0492. The van der Waals surface area contributed by atoms with E-state index in [2.05, 4.69) is 5.32 Å². The van der Waals surface area contributed by atoms with Gasteiger partial charge in [0, 0.05) is 11.8 Å². The molecule has 1 atom stereocenters. The molecule has 0 aliphatic heterocycles. The summed E-state index contributed by atoms with van der Waals surface area (Å²) >= 11 is 0. The van der Waals surface area contributed by atoms with Gasteiger partial charge in [0.25, 0.3) is 5.91 Å². The van der Waals surface area contributed by atoms with Crippen LogP contribution in [0.3, 0.4) is 0 Å². The fourth-order valence-corrected chi connectivity index (χ4v) is 2.17. The van der Waals surface area contributed by atoms with Crippen LogP contribution in [0.25, 0.3) is 0 Å². The molecule has 0 heterocycles. The average molecular weight is 357 g/mol. The molecule has 0 aliphatic rings. The van der Waals surface area contributed by atoms with Gasteiger partial charge in [-0.05, 0) is 57.2 Å². The molecule has 6 heteroatoms. The Morgan fingerprint density at radius 1 is 0.962 bits per heavy atom. The molecule has 0 aromatic heterocycles. The molecule has 1 N–H and O–H groups in total. The number of rotatable bonds is 7. The number of esters is 1. The summed E-state index contributed by atoms with van der Waals surface area (Å²) in [5.74, 6) is 0.289. The molecule has 2 aromatic carbocycles. The van der Waals surface area contributed by atoms with Crippen LogP contribution in [0.2, 0.25) is 0 Å². The van der Waals surface area contributed by atoms with E-state index >= 15 is 0 Å². The third-order valence-corrected chi connectivity index (χ3v) is 3.45. The monoisotopic (exact) mass is 357 g/mol. The smallest absolute Gasteiger partial charge is 0.338 e. The van der Waals surface area contributed by atoms with Crippen molar-refractivity contribution >= 4 is 17.6 Å². The number of carbonyl (C=O) groups excluding carboxylic acids is 2. The molecular formula is C20H23NO5. The summed E-state index contributed by atoms with van der Waals surface area (Å²) in [6.45, 7) is 5.36. The van der Waals surface area contributed by atoms with E-state index in [1.54, 1.807) is 55.6 Å². The van der Waals surface area contributed by atoms with Gasteiger partial charge in [0.1, 0.15) is 11.5 Å². The highest BCUT2D eigenvalue weighted by atomic mass is 16.5. The van der Waals surface area contributed by atoms with Crippen LogP contribution in [0.1, 0.15) is 31.1 Å².